The Hall–Kier alpha value is -2.84. The zero-order valence-electron chi connectivity index (χ0n) is 14.7. The molecule has 3 N–H and O–H groups in total. The number of carboxylic acids is 1. The number of rotatable bonds is 7. The van der Waals surface area contributed by atoms with Crippen molar-refractivity contribution in [1.29, 1.82) is 0 Å². The number of benzene rings is 1. The van der Waals surface area contributed by atoms with Crippen molar-refractivity contribution in [2.75, 3.05) is 12.0 Å². The number of thioether (sulfide) groups is 1. The number of aromatic nitrogens is 2. The van der Waals surface area contributed by atoms with Crippen LogP contribution in [0.4, 0.5) is 0 Å². The first kappa shape index (κ1) is 18.9. The van der Waals surface area contributed by atoms with Crippen LogP contribution >= 0.6 is 11.8 Å². The number of aromatic carboxylic acids is 1. The van der Waals surface area contributed by atoms with Gasteiger partial charge in [-0.1, -0.05) is 18.2 Å². The predicted octanol–water partition coefficient (Wildman–Crippen LogP) is 2.44. The summed E-state index contributed by atoms with van der Waals surface area (Å²) in [5.41, 5.74) is 7.36. The van der Waals surface area contributed by atoms with E-state index in [2.05, 4.69) is 4.98 Å². The first-order valence-corrected chi connectivity index (χ1v) is 9.67. The third kappa shape index (κ3) is 3.81. The smallest absolute Gasteiger partial charge is 0.356 e. The van der Waals surface area contributed by atoms with Gasteiger partial charge in [0.05, 0.1) is 5.52 Å². The molecular formula is C19H19N3O4S. The molecule has 27 heavy (non-hydrogen) atoms. The number of hydrogen-bond acceptors (Lipinski definition) is 6. The van der Waals surface area contributed by atoms with Crippen LogP contribution in [0.3, 0.4) is 0 Å². The molecular weight excluding hydrogens is 366 g/mol. The molecule has 0 aliphatic heterocycles. The minimum absolute atomic E-state index is 0.132. The third-order valence-electron chi connectivity index (χ3n) is 4.12. The molecule has 0 saturated heterocycles. The van der Waals surface area contributed by atoms with Crippen LogP contribution in [-0.4, -0.2) is 44.8 Å². The first-order chi connectivity index (χ1) is 13.0. The summed E-state index contributed by atoms with van der Waals surface area (Å²) in [5.74, 6) is -1.17. The standard InChI is InChI=1S/C19H19N3O4S/c1-27-11-8-14(20)19(25)26-22-15-5-3-2-4-13(15)16(17(22)18(23)24)12-6-9-21-10-7-12/h2-7,9-10,14H,8,11,20H2,1H3,(H,23,24). The second-order valence-electron chi connectivity index (χ2n) is 5.87. The second kappa shape index (κ2) is 8.24. The lowest BCUT2D eigenvalue weighted by molar-refractivity contribution is -0.145. The Labute approximate surface area is 160 Å². The molecule has 3 aromatic rings. The Balaban J connectivity index is 2.14. The number of nitrogens with zero attached hydrogens (tertiary/aromatic N) is 2. The highest BCUT2D eigenvalue weighted by atomic mass is 32.2. The number of carboxylic acid groups (broad SMARTS) is 1. The fourth-order valence-corrected chi connectivity index (χ4v) is 3.32. The monoisotopic (exact) mass is 385 g/mol. The van der Waals surface area contributed by atoms with E-state index < -0.39 is 18.0 Å². The van der Waals surface area contributed by atoms with Gasteiger partial charge in [0.1, 0.15) is 6.04 Å². The van der Waals surface area contributed by atoms with Crippen LogP contribution in [0.1, 0.15) is 16.9 Å². The van der Waals surface area contributed by atoms with Crippen molar-refractivity contribution >= 4 is 34.6 Å². The molecule has 0 saturated carbocycles. The van der Waals surface area contributed by atoms with Crippen LogP contribution in [-0.2, 0) is 4.79 Å². The van der Waals surface area contributed by atoms with E-state index in [0.29, 0.717) is 34.2 Å². The molecule has 0 radical (unpaired) electrons. The summed E-state index contributed by atoms with van der Waals surface area (Å²) in [5, 5.41) is 10.5. The van der Waals surface area contributed by atoms with Crippen LogP contribution in [0, 0.1) is 0 Å². The van der Waals surface area contributed by atoms with E-state index in [9.17, 15) is 14.7 Å². The summed E-state index contributed by atoms with van der Waals surface area (Å²) >= 11 is 1.57. The number of pyridine rings is 1. The summed E-state index contributed by atoms with van der Waals surface area (Å²) in [6.45, 7) is 0. The summed E-state index contributed by atoms with van der Waals surface area (Å²) in [4.78, 5) is 33.9. The van der Waals surface area contributed by atoms with Gasteiger partial charge in [0.25, 0.3) is 0 Å². The average Bonchev–Trinajstić information content (AvgIpc) is 3.01. The maximum atomic E-state index is 12.4. The van der Waals surface area contributed by atoms with Gasteiger partial charge in [-0.05, 0) is 42.2 Å². The van der Waals surface area contributed by atoms with E-state index in [0.717, 1.165) is 4.73 Å². The minimum Gasteiger partial charge on any atom is -0.476 e. The first-order valence-electron chi connectivity index (χ1n) is 8.28. The normalized spacial score (nSPS) is 12.1. The van der Waals surface area contributed by atoms with Gasteiger partial charge in [-0.25, -0.2) is 9.59 Å². The molecule has 1 unspecified atom stereocenters. The molecule has 2 aromatic heterocycles. The molecule has 1 aromatic carbocycles. The average molecular weight is 385 g/mol. The van der Waals surface area contributed by atoms with E-state index in [4.69, 9.17) is 10.6 Å². The summed E-state index contributed by atoms with van der Waals surface area (Å²) in [7, 11) is 0. The quantitative estimate of drug-likeness (QED) is 0.643. The van der Waals surface area contributed by atoms with Crippen molar-refractivity contribution in [3.05, 3.63) is 54.5 Å². The fraction of sp³-hybridized carbons (Fsp3) is 0.211. The Morgan fingerprint density at radius 3 is 2.63 bits per heavy atom. The lowest BCUT2D eigenvalue weighted by Gasteiger charge is -2.13. The van der Waals surface area contributed by atoms with Gasteiger partial charge in [-0.2, -0.15) is 16.5 Å². The lowest BCUT2D eigenvalue weighted by atomic mass is 10.0. The van der Waals surface area contributed by atoms with Crippen molar-refractivity contribution in [3.8, 4) is 11.1 Å². The molecule has 0 amide bonds. The number of hydrogen-bond donors (Lipinski definition) is 2. The molecule has 0 bridgehead atoms. The third-order valence-corrected chi connectivity index (χ3v) is 4.76. The van der Waals surface area contributed by atoms with Gasteiger partial charge >= 0.3 is 11.9 Å². The molecule has 140 valence electrons. The minimum atomic E-state index is -1.21. The lowest BCUT2D eigenvalue weighted by Crippen LogP contribution is -2.38. The van der Waals surface area contributed by atoms with Crippen LogP contribution < -0.4 is 10.6 Å². The van der Waals surface area contributed by atoms with Crippen LogP contribution in [0.2, 0.25) is 0 Å². The van der Waals surface area contributed by atoms with Gasteiger partial charge in [0.15, 0.2) is 5.69 Å². The van der Waals surface area contributed by atoms with E-state index in [1.54, 1.807) is 60.6 Å². The van der Waals surface area contributed by atoms with Gasteiger partial charge in [-0.3, -0.25) is 4.98 Å². The largest absolute Gasteiger partial charge is 0.476 e. The topological polar surface area (TPSA) is 107 Å². The molecule has 0 fully saturated rings. The molecule has 0 aliphatic carbocycles. The number of para-hydroxylation sites is 1. The molecule has 0 spiro atoms. The molecule has 8 heteroatoms. The van der Waals surface area contributed by atoms with E-state index in [-0.39, 0.29) is 5.69 Å². The number of carbonyl (C=O) groups is 2. The molecule has 3 rings (SSSR count). The predicted molar refractivity (Wildman–Crippen MR) is 105 cm³/mol. The van der Waals surface area contributed by atoms with Crippen LogP contribution in [0.5, 0.6) is 0 Å². The molecule has 7 nitrogen and oxygen atoms in total. The van der Waals surface area contributed by atoms with Crippen molar-refractivity contribution in [1.82, 2.24) is 9.71 Å². The highest BCUT2D eigenvalue weighted by molar-refractivity contribution is 7.98. The summed E-state index contributed by atoms with van der Waals surface area (Å²) < 4.78 is 1.06. The van der Waals surface area contributed by atoms with E-state index in [1.807, 2.05) is 6.26 Å². The number of nitrogens with two attached hydrogens (primary N) is 1. The maximum Gasteiger partial charge on any atom is 0.356 e. The number of fused-ring (bicyclic) bond motifs is 1. The summed E-state index contributed by atoms with van der Waals surface area (Å²) in [6, 6.07) is 9.64. The van der Waals surface area contributed by atoms with Crippen molar-refractivity contribution in [2.45, 2.75) is 12.5 Å². The zero-order chi connectivity index (χ0) is 19.4. The van der Waals surface area contributed by atoms with E-state index >= 15 is 0 Å². The van der Waals surface area contributed by atoms with Gasteiger partial charge < -0.3 is 15.7 Å². The molecule has 2 heterocycles. The van der Waals surface area contributed by atoms with Crippen molar-refractivity contribution < 1.29 is 19.5 Å². The Kier molecular flexibility index (Phi) is 5.78. The fourth-order valence-electron chi connectivity index (χ4n) is 2.83. The second-order valence-corrected chi connectivity index (χ2v) is 6.86. The Morgan fingerprint density at radius 2 is 1.96 bits per heavy atom. The van der Waals surface area contributed by atoms with Crippen molar-refractivity contribution in [3.63, 3.8) is 0 Å². The van der Waals surface area contributed by atoms with Gasteiger partial charge in [-0.15, -0.1) is 0 Å². The molecule has 1 atom stereocenters. The van der Waals surface area contributed by atoms with Gasteiger partial charge in [0.2, 0.25) is 0 Å². The van der Waals surface area contributed by atoms with Gasteiger partial charge in [0, 0.05) is 23.3 Å². The highest BCUT2D eigenvalue weighted by Crippen LogP contribution is 2.34. The Morgan fingerprint density at radius 1 is 1.26 bits per heavy atom. The van der Waals surface area contributed by atoms with Crippen LogP contribution in [0.25, 0.3) is 22.0 Å². The number of carbonyl (C=O) groups excluding carboxylic acids is 1. The van der Waals surface area contributed by atoms with Crippen molar-refractivity contribution in [2.24, 2.45) is 5.73 Å². The summed E-state index contributed by atoms with van der Waals surface area (Å²) in [6.07, 6.45) is 5.52. The Bertz CT molecular complexity index is 972. The zero-order valence-corrected chi connectivity index (χ0v) is 15.5. The maximum absolute atomic E-state index is 12.4. The van der Waals surface area contributed by atoms with Crippen LogP contribution in [0.15, 0.2) is 48.8 Å². The highest BCUT2D eigenvalue weighted by Gasteiger charge is 2.27. The van der Waals surface area contributed by atoms with E-state index in [1.165, 1.54) is 0 Å². The molecule has 0 aliphatic rings. The SMILES string of the molecule is CSCCC(N)C(=O)On1c(C(=O)O)c(-c2ccncc2)c2ccccc21.